The van der Waals surface area contributed by atoms with Crippen molar-refractivity contribution in [3.8, 4) is 0 Å². The lowest BCUT2D eigenvalue weighted by atomic mass is 10.1. The minimum absolute atomic E-state index is 0.108. The quantitative estimate of drug-likeness (QED) is 0.390. The lowest BCUT2D eigenvalue weighted by Crippen LogP contribution is -2.39. The minimum Gasteiger partial charge on any atom is -0.315 e. The molecule has 11 heavy (non-hydrogen) atoms. The molecular weight excluding hydrogens is 176 g/mol. The van der Waals surface area contributed by atoms with Gasteiger partial charge in [-0.05, 0) is 19.3 Å². The summed E-state index contributed by atoms with van der Waals surface area (Å²) in [6.07, 6.45) is 2.76. The summed E-state index contributed by atoms with van der Waals surface area (Å²) in [7, 11) is 0. The molecule has 0 heterocycles. The monoisotopic (exact) mass is 194 g/mol. The van der Waals surface area contributed by atoms with Gasteiger partial charge in [-0.15, -0.1) is 0 Å². The zero-order valence-corrected chi connectivity index (χ0v) is 8.69. The lowest BCUT2D eigenvalue weighted by Gasteiger charge is -2.15. The van der Waals surface area contributed by atoms with Crippen LogP contribution in [0.2, 0.25) is 0 Å². The maximum absolute atomic E-state index is 5.44. The molecule has 0 aliphatic heterocycles. The van der Waals surface area contributed by atoms with E-state index < -0.39 is 0 Å². The van der Waals surface area contributed by atoms with E-state index in [1.54, 1.807) is 0 Å². The molecule has 68 valence electrons. The summed E-state index contributed by atoms with van der Waals surface area (Å²) in [5, 5.41) is 0.569. The number of rotatable bonds is 5. The van der Waals surface area contributed by atoms with E-state index in [4.69, 9.17) is 11.5 Å². The summed E-state index contributed by atoms with van der Waals surface area (Å²) in [5.41, 5.74) is 10.9. The van der Waals surface area contributed by atoms with Crippen LogP contribution in [-0.2, 0) is 0 Å². The molecule has 0 spiro atoms. The molecule has 0 aliphatic carbocycles. The molecule has 0 aliphatic rings. The highest BCUT2D eigenvalue weighted by Gasteiger charge is 2.10. The van der Waals surface area contributed by atoms with Gasteiger partial charge in [0.2, 0.25) is 0 Å². The molecule has 0 saturated heterocycles. The summed E-state index contributed by atoms with van der Waals surface area (Å²) in [6.45, 7) is 2.12. The number of hydrogen-bond acceptors (Lipinski definition) is 4. The lowest BCUT2D eigenvalue weighted by molar-refractivity contribution is 0.585. The van der Waals surface area contributed by atoms with E-state index in [9.17, 15) is 0 Å². The largest absolute Gasteiger partial charge is 0.315 e. The molecule has 2 atom stereocenters. The molecule has 0 aromatic rings. The fourth-order valence-electron chi connectivity index (χ4n) is 0.760. The van der Waals surface area contributed by atoms with E-state index >= 15 is 0 Å². The Bertz CT molecular complexity index is 98.4. The van der Waals surface area contributed by atoms with Crippen molar-refractivity contribution >= 4 is 25.3 Å². The first-order chi connectivity index (χ1) is 5.07. The molecule has 2 nitrogen and oxygen atoms in total. The van der Waals surface area contributed by atoms with Gasteiger partial charge in [0.1, 0.15) is 0 Å². The fraction of sp³-hybridized carbons (Fsp3) is 1.00. The Morgan fingerprint density at radius 3 is 2.09 bits per heavy atom. The van der Waals surface area contributed by atoms with Crippen molar-refractivity contribution in [1.82, 2.24) is 0 Å². The van der Waals surface area contributed by atoms with Gasteiger partial charge >= 0.3 is 0 Å². The summed E-state index contributed by atoms with van der Waals surface area (Å²) < 4.78 is 0. The van der Waals surface area contributed by atoms with Gasteiger partial charge in [0.05, 0.1) is 6.17 Å². The van der Waals surface area contributed by atoms with Gasteiger partial charge in [-0.3, -0.25) is 0 Å². The molecular formula is C7H18N2S2. The average Bonchev–Trinajstić information content (AvgIpc) is 1.99. The maximum Gasteiger partial charge on any atom is 0.0640 e. The topological polar surface area (TPSA) is 52.0 Å². The Kier molecular flexibility index (Phi) is 6.52. The highest BCUT2D eigenvalue weighted by atomic mass is 32.1. The number of thiol groups is 2. The normalized spacial score (nSPS) is 16.9. The van der Waals surface area contributed by atoms with E-state index in [1.165, 1.54) is 0 Å². The molecule has 0 aromatic heterocycles. The predicted molar refractivity (Wildman–Crippen MR) is 57.2 cm³/mol. The van der Waals surface area contributed by atoms with E-state index in [-0.39, 0.29) is 11.4 Å². The van der Waals surface area contributed by atoms with E-state index in [2.05, 4.69) is 32.2 Å². The Labute approximate surface area is 79.9 Å². The number of hydrogen-bond donors (Lipinski definition) is 4. The molecule has 0 saturated carbocycles. The summed E-state index contributed by atoms with van der Waals surface area (Å²) in [5.74, 6) is 0. The third-order valence-corrected chi connectivity index (χ3v) is 2.94. The van der Waals surface area contributed by atoms with Crippen LogP contribution in [0.15, 0.2) is 0 Å². The van der Waals surface area contributed by atoms with Gasteiger partial charge in [-0.1, -0.05) is 6.92 Å². The standard InChI is InChI=1S/C7H18N2S2/c1-2-5(10)3-4-6(11)7(8)9/h5-7,10-11H,2-4,8-9H2,1H3. The van der Waals surface area contributed by atoms with Crippen molar-refractivity contribution in [2.75, 3.05) is 0 Å². The zero-order chi connectivity index (χ0) is 8.85. The van der Waals surface area contributed by atoms with Crippen LogP contribution < -0.4 is 11.5 Å². The van der Waals surface area contributed by atoms with Crippen molar-refractivity contribution in [3.63, 3.8) is 0 Å². The second-order valence-electron chi connectivity index (χ2n) is 2.78. The van der Waals surface area contributed by atoms with Crippen LogP contribution >= 0.6 is 25.3 Å². The van der Waals surface area contributed by atoms with Crippen LogP contribution in [0.5, 0.6) is 0 Å². The van der Waals surface area contributed by atoms with Crippen LogP contribution in [0.25, 0.3) is 0 Å². The molecule has 4 N–H and O–H groups in total. The summed E-state index contributed by atoms with van der Waals surface area (Å²) in [6, 6.07) is 0. The summed E-state index contributed by atoms with van der Waals surface area (Å²) >= 11 is 8.61. The number of nitrogens with two attached hydrogens (primary N) is 2. The molecule has 0 aromatic carbocycles. The van der Waals surface area contributed by atoms with Crippen molar-refractivity contribution in [2.45, 2.75) is 42.9 Å². The highest BCUT2D eigenvalue weighted by molar-refractivity contribution is 7.81. The van der Waals surface area contributed by atoms with Crippen LogP contribution in [0, 0.1) is 0 Å². The third kappa shape index (κ3) is 5.84. The predicted octanol–water partition coefficient (Wildman–Crippen LogP) is 1.02. The first-order valence-corrected chi connectivity index (χ1v) is 4.98. The first-order valence-electron chi connectivity index (χ1n) is 3.95. The first kappa shape index (κ1) is 11.6. The van der Waals surface area contributed by atoms with Crippen LogP contribution in [0.4, 0.5) is 0 Å². The van der Waals surface area contributed by atoms with Crippen molar-refractivity contribution < 1.29 is 0 Å². The molecule has 2 unspecified atom stereocenters. The van der Waals surface area contributed by atoms with E-state index in [1.807, 2.05) is 0 Å². The molecule has 0 radical (unpaired) electrons. The SMILES string of the molecule is CCC(S)CCC(S)C(N)N. The fourth-order valence-corrected chi connectivity index (χ4v) is 1.06. The molecule has 0 bridgehead atoms. The smallest absolute Gasteiger partial charge is 0.0640 e. The molecule has 4 heteroatoms. The Morgan fingerprint density at radius 1 is 1.18 bits per heavy atom. The Balaban J connectivity index is 3.37. The van der Waals surface area contributed by atoms with Gasteiger partial charge in [0.25, 0.3) is 0 Å². The maximum atomic E-state index is 5.44. The molecule has 0 amide bonds. The highest BCUT2D eigenvalue weighted by Crippen LogP contribution is 2.13. The van der Waals surface area contributed by atoms with Crippen molar-refractivity contribution in [2.24, 2.45) is 11.5 Å². The van der Waals surface area contributed by atoms with Crippen molar-refractivity contribution in [3.05, 3.63) is 0 Å². The van der Waals surface area contributed by atoms with Gasteiger partial charge in [0, 0.05) is 10.5 Å². The zero-order valence-electron chi connectivity index (χ0n) is 6.90. The van der Waals surface area contributed by atoms with Crippen molar-refractivity contribution in [1.29, 1.82) is 0 Å². The van der Waals surface area contributed by atoms with Crippen LogP contribution in [0.1, 0.15) is 26.2 Å². The second-order valence-corrected chi connectivity index (χ2v) is 4.18. The second kappa shape index (κ2) is 6.17. The van der Waals surface area contributed by atoms with Gasteiger partial charge in [-0.2, -0.15) is 25.3 Å². The van der Waals surface area contributed by atoms with Gasteiger partial charge in [-0.25, -0.2) is 0 Å². The minimum atomic E-state index is -0.310. The van der Waals surface area contributed by atoms with Gasteiger partial charge in [0.15, 0.2) is 0 Å². The Morgan fingerprint density at radius 2 is 1.73 bits per heavy atom. The van der Waals surface area contributed by atoms with E-state index in [0.29, 0.717) is 5.25 Å². The molecule has 0 fully saturated rings. The van der Waals surface area contributed by atoms with Crippen LogP contribution in [0.3, 0.4) is 0 Å². The summed E-state index contributed by atoms with van der Waals surface area (Å²) in [4.78, 5) is 0. The van der Waals surface area contributed by atoms with E-state index in [0.717, 1.165) is 19.3 Å². The van der Waals surface area contributed by atoms with Gasteiger partial charge < -0.3 is 11.5 Å². The Hall–Kier alpha value is 0.620. The average molecular weight is 194 g/mol. The van der Waals surface area contributed by atoms with Crippen LogP contribution in [-0.4, -0.2) is 16.7 Å². The molecule has 0 rings (SSSR count). The third-order valence-electron chi connectivity index (χ3n) is 1.71.